The quantitative estimate of drug-likeness (QED) is 0.890. The van der Waals surface area contributed by atoms with Gasteiger partial charge in [-0.2, -0.15) is 0 Å². The van der Waals surface area contributed by atoms with Gasteiger partial charge in [-0.15, -0.1) is 0 Å². The Morgan fingerprint density at radius 2 is 2.19 bits per heavy atom. The van der Waals surface area contributed by atoms with Crippen LogP contribution in [0.25, 0.3) is 11.0 Å². The highest BCUT2D eigenvalue weighted by Gasteiger charge is 2.16. The molecule has 1 aromatic carbocycles. The lowest BCUT2D eigenvalue weighted by Crippen LogP contribution is -2.12. The Bertz CT molecular complexity index is 694. The Hall–Kier alpha value is -1.69. The van der Waals surface area contributed by atoms with Crippen LogP contribution in [0.15, 0.2) is 18.2 Å². The smallest absolute Gasteiger partial charge is 0.335 e. The fraction of sp³-hybridized carbons (Fsp3) is 0.467. The number of carboxylic acid groups (broad SMARTS) is 1. The number of fused-ring (bicyclic) bond motifs is 1. The number of carbonyl (C=O) groups is 1. The first-order valence-electron chi connectivity index (χ1n) is 6.98. The Balaban J connectivity index is 2.46. The van der Waals surface area contributed by atoms with Gasteiger partial charge in [-0.05, 0) is 31.5 Å². The molecule has 2 rings (SSSR count). The van der Waals surface area contributed by atoms with Gasteiger partial charge in [0, 0.05) is 35.3 Å². The van der Waals surface area contributed by atoms with Gasteiger partial charge in [-0.1, -0.05) is 6.92 Å². The van der Waals surface area contributed by atoms with Crippen molar-refractivity contribution >= 4 is 27.8 Å². The van der Waals surface area contributed by atoms with E-state index in [-0.39, 0.29) is 11.6 Å². The molecular formula is C15H20N2O3S. The van der Waals surface area contributed by atoms with Gasteiger partial charge >= 0.3 is 5.97 Å². The summed E-state index contributed by atoms with van der Waals surface area (Å²) < 4.78 is 13.4. The first-order chi connectivity index (χ1) is 9.93. The van der Waals surface area contributed by atoms with Crippen molar-refractivity contribution in [2.75, 3.05) is 12.0 Å². The molecule has 5 nitrogen and oxygen atoms in total. The maximum absolute atomic E-state index is 11.3. The lowest BCUT2D eigenvalue weighted by atomic mass is 10.2. The highest BCUT2D eigenvalue weighted by Crippen LogP contribution is 2.24. The van der Waals surface area contributed by atoms with Gasteiger partial charge in [0.25, 0.3) is 0 Å². The predicted molar refractivity (Wildman–Crippen MR) is 84.3 cm³/mol. The van der Waals surface area contributed by atoms with E-state index < -0.39 is 16.8 Å². The molecule has 6 heteroatoms. The largest absolute Gasteiger partial charge is 0.478 e. The van der Waals surface area contributed by atoms with E-state index in [1.807, 2.05) is 13.0 Å². The molecule has 1 aromatic heterocycles. The van der Waals surface area contributed by atoms with Crippen LogP contribution in [0.2, 0.25) is 0 Å². The minimum Gasteiger partial charge on any atom is -0.478 e. The molecule has 0 aliphatic rings. The zero-order chi connectivity index (χ0) is 15.6. The lowest BCUT2D eigenvalue weighted by Gasteiger charge is -2.16. The van der Waals surface area contributed by atoms with E-state index in [9.17, 15) is 9.00 Å². The molecule has 114 valence electrons. The van der Waals surface area contributed by atoms with Crippen LogP contribution >= 0.6 is 0 Å². The maximum atomic E-state index is 11.3. The van der Waals surface area contributed by atoms with Crippen molar-refractivity contribution in [3.63, 3.8) is 0 Å². The Morgan fingerprint density at radius 1 is 1.48 bits per heavy atom. The van der Waals surface area contributed by atoms with Crippen LogP contribution in [-0.4, -0.2) is 36.8 Å². The summed E-state index contributed by atoms with van der Waals surface area (Å²) in [7, 11) is -0.811. The number of aryl methyl sites for hydroxylation is 1. The zero-order valence-corrected chi connectivity index (χ0v) is 13.3. The summed E-state index contributed by atoms with van der Waals surface area (Å²) >= 11 is 0. The molecule has 0 bridgehead atoms. The van der Waals surface area contributed by atoms with E-state index in [0.717, 1.165) is 24.2 Å². The third-order valence-electron chi connectivity index (χ3n) is 3.59. The molecule has 0 spiro atoms. The third kappa shape index (κ3) is 3.32. The number of aromatic carboxylic acids is 1. The average Bonchev–Trinajstić information content (AvgIpc) is 2.82. The van der Waals surface area contributed by atoms with Crippen LogP contribution in [0.5, 0.6) is 0 Å². The van der Waals surface area contributed by atoms with Gasteiger partial charge in [-0.25, -0.2) is 9.78 Å². The number of imidazole rings is 1. The fourth-order valence-corrected chi connectivity index (χ4v) is 3.16. The standard InChI is InChI=1S/C15H20N2O3S/c1-4-14-16-12-9-11(15(18)19)5-6-13(12)17(14)10(2)7-8-21(3)20/h5-6,9-10H,4,7-8H2,1-3H3,(H,18,19). The molecule has 2 aromatic rings. The molecule has 1 heterocycles. The summed E-state index contributed by atoms with van der Waals surface area (Å²) in [5.41, 5.74) is 1.89. The van der Waals surface area contributed by atoms with Crippen LogP contribution in [0.4, 0.5) is 0 Å². The van der Waals surface area contributed by atoms with Gasteiger partial charge in [0.15, 0.2) is 0 Å². The van der Waals surface area contributed by atoms with Crippen molar-refractivity contribution < 1.29 is 14.1 Å². The molecule has 0 aliphatic carbocycles. The molecule has 0 radical (unpaired) electrons. The minimum atomic E-state index is -0.945. The molecule has 1 N–H and O–H groups in total. The van der Waals surface area contributed by atoms with E-state index in [1.165, 1.54) is 0 Å². The van der Waals surface area contributed by atoms with Gasteiger partial charge in [0.05, 0.1) is 16.6 Å². The Labute approximate surface area is 126 Å². The van der Waals surface area contributed by atoms with Crippen LogP contribution in [-0.2, 0) is 17.2 Å². The summed E-state index contributed by atoms with van der Waals surface area (Å²) in [6.45, 7) is 4.11. The van der Waals surface area contributed by atoms with E-state index >= 15 is 0 Å². The molecule has 0 saturated heterocycles. The molecule has 0 saturated carbocycles. The number of rotatable bonds is 6. The summed E-state index contributed by atoms with van der Waals surface area (Å²) in [6.07, 6.45) is 3.29. The number of hydrogen-bond acceptors (Lipinski definition) is 3. The highest BCUT2D eigenvalue weighted by atomic mass is 32.2. The third-order valence-corrected chi connectivity index (χ3v) is 4.40. The lowest BCUT2D eigenvalue weighted by molar-refractivity contribution is 0.0697. The van der Waals surface area contributed by atoms with Crippen molar-refractivity contribution in [1.82, 2.24) is 9.55 Å². The zero-order valence-electron chi connectivity index (χ0n) is 12.5. The Kier molecular flexibility index (Phi) is 4.77. The van der Waals surface area contributed by atoms with E-state index in [4.69, 9.17) is 5.11 Å². The summed E-state index contributed by atoms with van der Waals surface area (Å²) in [4.78, 5) is 15.6. The molecule has 0 amide bonds. The van der Waals surface area contributed by atoms with Crippen LogP contribution in [0.1, 0.15) is 42.5 Å². The van der Waals surface area contributed by atoms with E-state index in [0.29, 0.717) is 11.3 Å². The summed E-state index contributed by atoms with van der Waals surface area (Å²) in [5.74, 6) is 0.637. The van der Waals surface area contributed by atoms with Crippen LogP contribution in [0, 0.1) is 0 Å². The van der Waals surface area contributed by atoms with E-state index in [1.54, 1.807) is 18.4 Å². The topological polar surface area (TPSA) is 72.2 Å². The molecule has 0 fully saturated rings. The second kappa shape index (κ2) is 6.39. The monoisotopic (exact) mass is 308 g/mol. The predicted octanol–water partition coefficient (Wildman–Crippen LogP) is 2.63. The Morgan fingerprint density at radius 3 is 2.76 bits per heavy atom. The van der Waals surface area contributed by atoms with Crippen molar-refractivity contribution in [1.29, 1.82) is 0 Å². The van der Waals surface area contributed by atoms with Crippen LogP contribution < -0.4 is 0 Å². The molecule has 0 aliphatic heterocycles. The number of nitrogens with zero attached hydrogens (tertiary/aromatic N) is 2. The SMILES string of the molecule is CCc1nc2cc(C(=O)O)ccc2n1C(C)CCS(C)=O. The normalized spacial score (nSPS) is 14.2. The number of benzene rings is 1. The van der Waals surface area contributed by atoms with Crippen molar-refractivity contribution in [2.45, 2.75) is 32.7 Å². The molecular weight excluding hydrogens is 288 g/mol. The van der Waals surface area contributed by atoms with Crippen molar-refractivity contribution in [2.24, 2.45) is 0 Å². The van der Waals surface area contributed by atoms with Crippen molar-refractivity contribution in [3.8, 4) is 0 Å². The number of hydrogen-bond donors (Lipinski definition) is 1. The number of aromatic nitrogens is 2. The fourth-order valence-electron chi connectivity index (χ4n) is 2.49. The first-order valence-corrected chi connectivity index (χ1v) is 8.71. The van der Waals surface area contributed by atoms with E-state index in [2.05, 4.69) is 16.5 Å². The molecule has 2 atom stereocenters. The second-order valence-electron chi connectivity index (χ2n) is 5.18. The number of carboxylic acids is 1. The van der Waals surface area contributed by atoms with Gasteiger partial charge in [0.1, 0.15) is 5.82 Å². The van der Waals surface area contributed by atoms with Gasteiger partial charge < -0.3 is 9.67 Å². The maximum Gasteiger partial charge on any atom is 0.335 e. The highest BCUT2D eigenvalue weighted by molar-refractivity contribution is 7.84. The first kappa shape index (κ1) is 15.7. The second-order valence-corrected chi connectivity index (χ2v) is 6.73. The molecule has 21 heavy (non-hydrogen) atoms. The summed E-state index contributed by atoms with van der Waals surface area (Å²) in [6, 6.07) is 5.21. The average molecular weight is 308 g/mol. The minimum absolute atomic E-state index is 0.185. The molecule has 2 unspecified atom stereocenters. The van der Waals surface area contributed by atoms with Gasteiger partial charge in [-0.3, -0.25) is 4.21 Å². The van der Waals surface area contributed by atoms with Crippen molar-refractivity contribution in [3.05, 3.63) is 29.6 Å². The van der Waals surface area contributed by atoms with Crippen LogP contribution in [0.3, 0.4) is 0 Å². The summed E-state index contributed by atoms with van der Waals surface area (Å²) in [5, 5.41) is 9.06. The van der Waals surface area contributed by atoms with Gasteiger partial charge in [0.2, 0.25) is 0 Å².